The number of esters is 1. The molecule has 2 heterocycles. The number of hydrogen-bond acceptors (Lipinski definition) is 5. The van der Waals surface area contributed by atoms with Gasteiger partial charge in [-0.3, -0.25) is 4.79 Å². The first-order valence-corrected chi connectivity index (χ1v) is 10.3. The van der Waals surface area contributed by atoms with Crippen molar-refractivity contribution in [2.24, 2.45) is 0 Å². The average molecular weight is 401 g/mol. The monoisotopic (exact) mass is 400 g/mol. The molecular formula is C18H25ClN2O4S. The number of carbonyl (C=O) groups excluding carboxylic acids is 1. The van der Waals surface area contributed by atoms with Crippen molar-refractivity contribution >= 4 is 28.4 Å². The summed E-state index contributed by atoms with van der Waals surface area (Å²) in [7, 11) is -2.11. The Morgan fingerprint density at radius 3 is 2.42 bits per heavy atom. The summed E-state index contributed by atoms with van der Waals surface area (Å²) in [4.78, 5) is 12.3. The molecule has 0 aromatic heterocycles. The molecule has 1 aliphatic carbocycles. The molecule has 0 spiro atoms. The van der Waals surface area contributed by atoms with Gasteiger partial charge in [0, 0.05) is 25.2 Å². The van der Waals surface area contributed by atoms with Crippen LogP contribution in [0.15, 0.2) is 29.2 Å². The number of nitrogens with one attached hydrogen (secondary N) is 1. The van der Waals surface area contributed by atoms with Crippen molar-refractivity contribution in [3.05, 3.63) is 29.8 Å². The number of carbonyl (C=O) groups is 1. The Kier molecular flexibility index (Phi) is 5.36. The Morgan fingerprint density at radius 1 is 1.15 bits per heavy atom. The number of sulfonamides is 1. The minimum Gasteiger partial charge on any atom is -0.468 e. The Hall–Kier alpha value is -1.15. The molecule has 1 aromatic rings. The van der Waals surface area contributed by atoms with Crippen LogP contribution in [0.25, 0.3) is 0 Å². The summed E-state index contributed by atoms with van der Waals surface area (Å²) in [5.41, 5.74) is 0.276. The van der Waals surface area contributed by atoms with Crippen LogP contribution in [-0.4, -0.2) is 51.0 Å². The van der Waals surface area contributed by atoms with Crippen molar-refractivity contribution in [3.63, 3.8) is 0 Å². The number of methoxy groups -OCH3 is 1. The number of fused-ring (bicyclic) bond motifs is 2. The molecule has 1 saturated carbocycles. The molecule has 8 heteroatoms. The molecule has 1 aromatic carbocycles. The van der Waals surface area contributed by atoms with Crippen LogP contribution in [0.4, 0.5) is 0 Å². The fourth-order valence-corrected chi connectivity index (χ4v) is 5.66. The fourth-order valence-electron chi connectivity index (χ4n) is 4.16. The molecule has 4 rings (SSSR count). The predicted molar refractivity (Wildman–Crippen MR) is 99.9 cm³/mol. The molecular weight excluding hydrogens is 376 g/mol. The van der Waals surface area contributed by atoms with Crippen molar-refractivity contribution in [2.75, 3.05) is 20.2 Å². The maximum atomic E-state index is 13.0. The van der Waals surface area contributed by atoms with Gasteiger partial charge in [0.1, 0.15) is 0 Å². The molecule has 3 fully saturated rings. The third kappa shape index (κ3) is 3.26. The topological polar surface area (TPSA) is 75.7 Å². The molecule has 2 unspecified atom stereocenters. The third-order valence-electron chi connectivity index (χ3n) is 5.86. The number of ether oxygens (including phenoxy) is 1. The van der Waals surface area contributed by atoms with E-state index < -0.39 is 15.4 Å². The number of rotatable bonds is 4. The van der Waals surface area contributed by atoms with Gasteiger partial charge in [-0.1, -0.05) is 12.1 Å². The Labute approximate surface area is 160 Å². The largest absolute Gasteiger partial charge is 0.468 e. The molecule has 0 radical (unpaired) electrons. The summed E-state index contributed by atoms with van der Waals surface area (Å²) in [6, 6.07) is 7.49. The van der Waals surface area contributed by atoms with Crippen LogP contribution >= 0.6 is 12.4 Å². The third-order valence-corrected chi connectivity index (χ3v) is 7.74. The smallest absolute Gasteiger partial charge is 0.316 e. The first-order valence-electron chi connectivity index (χ1n) is 8.91. The van der Waals surface area contributed by atoms with E-state index in [1.54, 1.807) is 28.6 Å². The molecule has 3 aliphatic rings. The van der Waals surface area contributed by atoms with Crippen LogP contribution in [0.3, 0.4) is 0 Å². The van der Waals surface area contributed by atoms with Crippen LogP contribution in [0.2, 0.25) is 0 Å². The first kappa shape index (κ1) is 19.6. The fraction of sp³-hybridized carbons (Fsp3) is 0.611. The van der Waals surface area contributed by atoms with Gasteiger partial charge in [0.05, 0.1) is 17.4 Å². The lowest BCUT2D eigenvalue weighted by molar-refractivity contribution is -0.143. The second-order valence-corrected chi connectivity index (χ2v) is 9.33. The molecule has 2 saturated heterocycles. The minimum atomic E-state index is -3.50. The number of halogens is 1. The zero-order chi connectivity index (χ0) is 17.7. The van der Waals surface area contributed by atoms with E-state index >= 15 is 0 Å². The van der Waals surface area contributed by atoms with E-state index in [-0.39, 0.29) is 24.4 Å². The lowest BCUT2D eigenvalue weighted by atomic mass is 9.96. The summed E-state index contributed by atoms with van der Waals surface area (Å²) in [6.07, 6.45) is 4.55. The summed E-state index contributed by atoms with van der Waals surface area (Å²) >= 11 is 0. The lowest BCUT2D eigenvalue weighted by Crippen LogP contribution is -2.39. The molecule has 6 nitrogen and oxygen atoms in total. The standard InChI is InChI=1S/C18H24N2O4S.ClH/c1-24-17(21)18(9-10-18)13-2-6-16(7-3-13)25(22,23)20-11-8-14-4-5-15(12-20)19-14;/h2-3,6-7,14-15,19H,4-5,8-12H2,1H3;1H. The normalized spacial score (nSPS) is 27.3. The zero-order valence-electron chi connectivity index (χ0n) is 14.8. The van der Waals surface area contributed by atoms with E-state index in [0.717, 1.165) is 37.7 Å². The summed E-state index contributed by atoms with van der Waals surface area (Å²) in [5, 5.41) is 3.51. The summed E-state index contributed by atoms with van der Waals surface area (Å²) in [6.45, 7) is 1.09. The van der Waals surface area contributed by atoms with E-state index in [1.165, 1.54) is 7.11 Å². The minimum absolute atomic E-state index is 0. The van der Waals surface area contributed by atoms with Crippen LogP contribution in [0.5, 0.6) is 0 Å². The maximum absolute atomic E-state index is 13.0. The molecule has 144 valence electrons. The van der Waals surface area contributed by atoms with Crippen molar-refractivity contribution in [1.82, 2.24) is 9.62 Å². The highest BCUT2D eigenvalue weighted by Gasteiger charge is 2.52. The van der Waals surface area contributed by atoms with E-state index in [4.69, 9.17) is 4.74 Å². The van der Waals surface area contributed by atoms with E-state index in [1.807, 2.05) is 0 Å². The van der Waals surface area contributed by atoms with Gasteiger partial charge in [0.25, 0.3) is 0 Å². The predicted octanol–water partition coefficient (Wildman–Crippen LogP) is 1.83. The number of nitrogens with zero attached hydrogens (tertiary/aromatic N) is 1. The van der Waals surface area contributed by atoms with Gasteiger partial charge in [-0.15, -0.1) is 12.4 Å². The number of benzene rings is 1. The van der Waals surface area contributed by atoms with Gasteiger partial charge in [-0.2, -0.15) is 4.31 Å². The molecule has 2 bridgehead atoms. The second kappa shape index (κ2) is 7.11. The summed E-state index contributed by atoms with van der Waals surface area (Å²) < 4.78 is 32.5. The van der Waals surface area contributed by atoms with Gasteiger partial charge < -0.3 is 10.1 Å². The summed E-state index contributed by atoms with van der Waals surface area (Å²) in [5.74, 6) is -0.238. The SMILES string of the molecule is COC(=O)C1(c2ccc(S(=O)(=O)N3CCC4CCC(C3)N4)cc2)CC1.Cl. The molecule has 1 N–H and O–H groups in total. The van der Waals surface area contributed by atoms with E-state index in [9.17, 15) is 13.2 Å². The van der Waals surface area contributed by atoms with Gasteiger partial charge in [-0.25, -0.2) is 8.42 Å². The maximum Gasteiger partial charge on any atom is 0.316 e. The Balaban J connectivity index is 0.00000196. The highest BCUT2D eigenvalue weighted by molar-refractivity contribution is 7.89. The highest BCUT2D eigenvalue weighted by atomic mass is 35.5. The van der Waals surface area contributed by atoms with Crippen LogP contribution in [0.1, 0.15) is 37.7 Å². The van der Waals surface area contributed by atoms with Crippen LogP contribution < -0.4 is 5.32 Å². The molecule has 26 heavy (non-hydrogen) atoms. The molecule has 0 amide bonds. The molecule has 2 aliphatic heterocycles. The quantitative estimate of drug-likeness (QED) is 0.780. The first-order chi connectivity index (χ1) is 12.0. The van der Waals surface area contributed by atoms with E-state index in [0.29, 0.717) is 24.0 Å². The average Bonchev–Trinajstić information content (AvgIpc) is 3.34. The van der Waals surface area contributed by atoms with E-state index in [2.05, 4.69) is 5.32 Å². The Bertz CT molecular complexity index is 777. The zero-order valence-corrected chi connectivity index (χ0v) is 16.4. The van der Waals surface area contributed by atoms with Crippen molar-refractivity contribution in [1.29, 1.82) is 0 Å². The van der Waals surface area contributed by atoms with Crippen molar-refractivity contribution < 1.29 is 17.9 Å². The Morgan fingerprint density at radius 2 is 1.81 bits per heavy atom. The van der Waals surface area contributed by atoms with Gasteiger partial charge in [0.2, 0.25) is 10.0 Å². The highest BCUT2D eigenvalue weighted by Crippen LogP contribution is 2.49. The second-order valence-electron chi connectivity index (χ2n) is 7.39. The van der Waals surface area contributed by atoms with Gasteiger partial charge in [0.15, 0.2) is 0 Å². The van der Waals surface area contributed by atoms with Gasteiger partial charge in [-0.05, 0) is 49.8 Å². The van der Waals surface area contributed by atoms with Crippen molar-refractivity contribution in [3.8, 4) is 0 Å². The molecule has 2 atom stereocenters. The lowest BCUT2D eigenvalue weighted by Gasteiger charge is -2.24. The number of hydrogen-bond donors (Lipinski definition) is 1. The van der Waals surface area contributed by atoms with Crippen molar-refractivity contribution in [2.45, 2.75) is 54.5 Å². The van der Waals surface area contributed by atoms with Crippen LogP contribution in [-0.2, 0) is 25.0 Å². The van der Waals surface area contributed by atoms with Crippen LogP contribution in [0, 0.1) is 0 Å². The van der Waals surface area contributed by atoms with Gasteiger partial charge >= 0.3 is 5.97 Å².